The number of allylic oxidation sites excluding steroid dienone is 1. The van der Waals surface area contributed by atoms with Crippen LogP contribution in [0.1, 0.15) is 12.5 Å². The molecule has 4 nitrogen and oxygen atoms in total. The summed E-state index contributed by atoms with van der Waals surface area (Å²) in [5.41, 5.74) is 1.36. The van der Waals surface area contributed by atoms with Gasteiger partial charge in [0, 0.05) is 12.6 Å². The highest BCUT2D eigenvalue weighted by Crippen LogP contribution is 2.16. The maximum Gasteiger partial charge on any atom is 0.247 e. The van der Waals surface area contributed by atoms with Gasteiger partial charge in [0.05, 0.1) is 19.2 Å². The van der Waals surface area contributed by atoms with Crippen LogP contribution < -0.4 is 0 Å². The van der Waals surface area contributed by atoms with E-state index in [9.17, 15) is 9.18 Å². The van der Waals surface area contributed by atoms with E-state index in [1.165, 1.54) is 18.2 Å². The van der Waals surface area contributed by atoms with Crippen LogP contribution in [0, 0.1) is 17.1 Å². The first-order chi connectivity index (χ1) is 9.60. The van der Waals surface area contributed by atoms with Gasteiger partial charge in [-0.1, -0.05) is 12.1 Å². The number of nitriles is 1. The number of amides is 1. The van der Waals surface area contributed by atoms with Crippen molar-refractivity contribution in [3.8, 4) is 6.07 Å². The minimum absolute atomic E-state index is 0.185. The van der Waals surface area contributed by atoms with Crippen molar-refractivity contribution in [3.63, 3.8) is 0 Å². The molecule has 1 unspecified atom stereocenters. The highest BCUT2D eigenvalue weighted by molar-refractivity contribution is 5.94. The van der Waals surface area contributed by atoms with Crippen LogP contribution in [-0.4, -0.2) is 36.6 Å². The second-order valence-electron chi connectivity index (χ2n) is 4.61. The topological polar surface area (TPSA) is 53.3 Å². The SMILES string of the molecule is C/C(=C\C(=O)N1CCOC(C#N)C1)c1cccc(F)c1. The van der Waals surface area contributed by atoms with Gasteiger partial charge in [-0.3, -0.25) is 4.79 Å². The third-order valence-corrected chi connectivity index (χ3v) is 3.14. The first kappa shape index (κ1) is 14.2. The van der Waals surface area contributed by atoms with Crippen LogP contribution in [0.2, 0.25) is 0 Å². The van der Waals surface area contributed by atoms with Crippen molar-refractivity contribution in [2.75, 3.05) is 19.7 Å². The summed E-state index contributed by atoms with van der Waals surface area (Å²) >= 11 is 0. The fraction of sp³-hybridized carbons (Fsp3) is 0.333. The summed E-state index contributed by atoms with van der Waals surface area (Å²) in [4.78, 5) is 13.7. The number of ether oxygens (including phenoxy) is 1. The van der Waals surface area contributed by atoms with Crippen LogP contribution in [0.25, 0.3) is 5.57 Å². The Morgan fingerprint density at radius 2 is 2.40 bits per heavy atom. The van der Waals surface area contributed by atoms with Gasteiger partial charge in [0.25, 0.3) is 0 Å². The molecule has 0 bridgehead atoms. The Hall–Kier alpha value is -2.19. The second kappa shape index (κ2) is 6.31. The molecule has 0 spiro atoms. The number of benzene rings is 1. The highest BCUT2D eigenvalue weighted by Gasteiger charge is 2.22. The molecule has 1 saturated heterocycles. The largest absolute Gasteiger partial charge is 0.360 e. The quantitative estimate of drug-likeness (QED) is 0.775. The van der Waals surface area contributed by atoms with Crippen molar-refractivity contribution in [1.82, 2.24) is 4.90 Å². The van der Waals surface area contributed by atoms with E-state index in [0.717, 1.165) is 0 Å². The number of halogens is 1. The van der Waals surface area contributed by atoms with Gasteiger partial charge in [-0.25, -0.2) is 4.39 Å². The van der Waals surface area contributed by atoms with Gasteiger partial charge in [0.15, 0.2) is 6.10 Å². The van der Waals surface area contributed by atoms with Gasteiger partial charge in [0.1, 0.15) is 5.82 Å². The fourth-order valence-electron chi connectivity index (χ4n) is 2.02. The molecule has 104 valence electrons. The first-order valence-electron chi connectivity index (χ1n) is 6.34. The lowest BCUT2D eigenvalue weighted by atomic mass is 10.1. The van der Waals surface area contributed by atoms with E-state index in [4.69, 9.17) is 10.00 Å². The molecule has 1 aliphatic heterocycles. The van der Waals surface area contributed by atoms with Crippen molar-refractivity contribution in [2.45, 2.75) is 13.0 Å². The van der Waals surface area contributed by atoms with Gasteiger partial charge in [-0.2, -0.15) is 5.26 Å². The summed E-state index contributed by atoms with van der Waals surface area (Å²) in [6, 6.07) is 8.09. The maximum atomic E-state index is 13.1. The Labute approximate surface area is 117 Å². The number of hydrogen-bond acceptors (Lipinski definition) is 3. The molecule has 1 aromatic rings. The zero-order valence-electron chi connectivity index (χ0n) is 11.2. The predicted molar refractivity (Wildman–Crippen MR) is 72.0 cm³/mol. The van der Waals surface area contributed by atoms with E-state index >= 15 is 0 Å². The second-order valence-corrected chi connectivity index (χ2v) is 4.61. The average Bonchev–Trinajstić information content (AvgIpc) is 2.47. The van der Waals surface area contributed by atoms with Gasteiger partial charge >= 0.3 is 0 Å². The molecule has 2 rings (SSSR count). The lowest BCUT2D eigenvalue weighted by Gasteiger charge is -2.29. The van der Waals surface area contributed by atoms with Crippen molar-refractivity contribution in [1.29, 1.82) is 5.26 Å². The van der Waals surface area contributed by atoms with Crippen molar-refractivity contribution < 1.29 is 13.9 Å². The van der Waals surface area contributed by atoms with E-state index in [-0.39, 0.29) is 18.3 Å². The molecule has 1 aliphatic rings. The van der Waals surface area contributed by atoms with Gasteiger partial charge in [-0.05, 0) is 30.2 Å². The Kier molecular flexibility index (Phi) is 4.49. The van der Waals surface area contributed by atoms with Crippen molar-refractivity contribution >= 4 is 11.5 Å². The standard InChI is InChI=1S/C15H15FN2O2/c1-11(12-3-2-4-13(16)8-12)7-15(19)18-5-6-20-14(9-17)10-18/h2-4,7-8,14H,5-6,10H2,1H3/b11-7+. The number of hydrogen-bond donors (Lipinski definition) is 0. The van der Waals surface area contributed by atoms with Gasteiger partial charge in [0.2, 0.25) is 5.91 Å². The minimum atomic E-state index is -0.574. The van der Waals surface area contributed by atoms with E-state index < -0.39 is 6.10 Å². The van der Waals surface area contributed by atoms with Crippen molar-refractivity contribution in [2.24, 2.45) is 0 Å². The number of rotatable bonds is 2. The predicted octanol–water partition coefficient (Wildman–Crippen LogP) is 1.98. The molecule has 1 atom stereocenters. The van der Waals surface area contributed by atoms with Crippen LogP contribution in [0.4, 0.5) is 4.39 Å². The molecule has 0 radical (unpaired) electrons. The maximum absolute atomic E-state index is 13.1. The van der Waals surface area contributed by atoms with E-state index in [2.05, 4.69) is 0 Å². The Morgan fingerprint density at radius 1 is 1.60 bits per heavy atom. The zero-order valence-corrected chi connectivity index (χ0v) is 11.2. The number of carbonyl (C=O) groups is 1. The number of nitrogens with zero attached hydrogens (tertiary/aromatic N) is 2. The average molecular weight is 274 g/mol. The molecule has 0 saturated carbocycles. The van der Waals surface area contributed by atoms with E-state index in [0.29, 0.717) is 24.3 Å². The Morgan fingerprint density at radius 3 is 3.10 bits per heavy atom. The molecule has 1 aromatic carbocycles. The molecule has 0 aliphatic carbocycles. The van der Waals surface area contributed by atoms with Crippen LogP contribution in [0.3, 0.4) is 0 Å². The molecular formula is C15H15FN2O2. The van der Waals surface area contributed by atoms with Crippen LogP contribution in [0.15, 0.2) is 30.3 Å². The molecular weight excluding hydrogens is 259 g/mol. The summed E-state index contributed by atoms with van der Waals surface area (Å²) in [5.74, 6) is -0.520. The van der Waals surface area contributed by atoms with Crippen LogP contribution in [-0.2, 0) is 9.53 Å². The third kappa shape index (κ3) is 3.43. The third-order valence-electron chi connectivity index (χ3n) is 3.14. The molecule has 0 N–H and O–H groups in total. The van der Waals surface area contributed by atoms with Crippen molar-refractivity contribution in [3.05, 3.63) is 41.7 Å². The lowest BCUT2D eigenvalue weighted by molar-refractivity contribution is -0.131. The zero-order chi connectivity index (χ0) is 14.5. The summed E-state index contributed by atoms with van der Waals surface area (Å²) in [7, 11) is 0. The normalized spacial score (nSPS) is 19.6. The number of carbonyl (C=O) groups excluding carboxylic acids is 1. The van der Waals surface area contributed by atoms with Crippen LogP contribution in [0.5, 0.6) is 0 Å². The van der Waals surface area contributed by atoms with E-state index in [1.807, 2.05) is 6.07 Å². The minimum Gasteiger partial charge on any atom is -0.360 e. The smallest absolute Gasteiger partial charge is 0.247 e. The Balaban J connectivity index is 2.10. The van der Waals surface area contributed by atoms with Gasteiger partial charge < -0.3 is 9.64 Å². The monoisotopic (exact) mass is 274 g/mol. The molecule has 1 fully saturated rings. The fourth-order valence-corrected chi connectivity index (χ4v) is 2.02. The molecule has 20 heavy (non-hydrogen) atoms. The summed E-state index contributed by atoms with van der Waals surface area (Å²) in [6.45, 7) is 2.85. The summed E-state index contributed by atoms with van der Waals surface area (Å²) < 4.78 is 18.3. The Bertz CT molecular complexity index is 577. The number of morpholine rings is 1. The highest BCUT2D eigenvalue weighted by atomic mass is 19.1. The van der Waals surface area contributed by atoms with Crippen LogP contribution >= 0.6 is 0 Å². The van der Waals surface area contributed by atoms with Gasteiger partial charge in [-0.15, -0.1) is 0 Å². The summed E-state index contributed by atoms with van der Waals surface area (Å²) in [6.07, 6.45) is 0.893. The molecule has 5 heteroatoms. The lowest BCUT2D eigenvalue weighted by Crippen LogP contribution is -2.44. The first-order valence-corrected chi connectivity index (χ1v) is 6.34. The van der Waals surface area contributed by atoms with E-state index in [1.54, 1.807) is 24.0 Å². The molecule has 1 amide bonds. The molecule has 1 heterocycles. The summed E-state index contributed by atoms with van der Waals surface area (Å²) in [5, 5.41) is 8.81. The molecule has 0 aromatic heterocycles.